The molecular weight excluding hydrogens is 284 g/mol. The number of anilines is 2. The molecule has 2 aromatic carbocycles. The van der Waals surface area contributed by atoms with E-state index in [-0.39, 0.29) is 11.3 Å². The van der Waals surface area contributed by atoms with E-state index >= 15 is 0 Å². The van der Waals surface area contributed by atoms with Crippen molar-refractivity contribution < 1.29 is 19.5 Å². The van der Waals surface area contributed by atoms with Crippen molar-refractivity contribution in [3.8, 4) is 0 Å². The molecule has 0 radical (unpaired) electrons. The molecule has 0 aliphatic carbocycles. The maximum Gasteiger partial charge on any atom is 0.335 e. The van der Waals surface area contributed by atoms with Gasteiger partial charge < -0.3 is 15.7 Å². The van der Waals surface area contributed by atoms with Gasteiger partial charge in [-0.15, -0.1) is 0 Å². The van der Waals surface area contributed by atoms with Crippen LogP contribution < -0.4 is 10.6 Å². The van der Waals surface area contributed by atoms with Gasteiger partial charge in [0.1, 0.15) is 0 Å². The molecule has 0 aliphatic heterocycles. The molecule has 0 bridgehead atoms. The first kappa shape index (κ1) is 15.2. The van der Waals surface area contributed by atoms with Crippen molar-refractivity contribution in [1.82, 2.24) is 0 Å². The highest BCUT2D eigenvalue weighted by atomic mass is 16.4. The highest BCUT2D eigenvalue weighted by molar-refractivity contribution is 6.01. The van der Waals surface area contributed by atoms with E-state index in [1.807, 2.05) is 0 Å². The number of carbonyl (C=O) groups excluding carboxylic acids is 2. The Morgan fingerprint density at radius 3 is 2.09 bits per heavy atom. The van der Waals surface area contributed by atoms with Gasteiger partial charge in [0.2, 0.25) is 0 Å². The van der Waals surface area contributed by atoms with Crippen LogP contribution in [0.1, 0.15) is 27.6 Å². The van der Waals surface area contributed by atoms with Crippen LogP contribution in [0.15, 0.2) is 48.5 Å². The van der Waals surface area contributed by atoms with Crippen molar-refractivity contribution in [3.63, 3.8) is 0 Å². The molecule has 2 rings (SSSR count). The van der Waals surface area contributed by atoms with Crippen LogP contribution in [0.25, 0.3) is 0 Å². The molecule has 0 saturated heterocycles. The third-order valence-electron chi connectivity index (χ3n) is 2.92. The van der Waals surface area contributed by atoms with Gasteiger partial charge in [-0.2, -0.15) is 0 Å². The number of amides is 2. The Morgan fingerprint density at radius 2 is 1.50 bits per heavy atom. The van der Waals surface area contributed by atoms with E-state index in [2.05, 4.69) is 10.6 Å². The van der Waals surface area contributed by atoms with E-state index in [0.717, 1.165) is 0 Å². The molecule has 0 aromatic heterocycles. The molecule has 2 aromatic rings. The van der Waals surface area contributed by atoms with Crippen molar-refractivity contribution in [2.75, 3.05) is 10.6 Å². The summed E-state index contributed by atoms with van der Waals surface area (Å²) in [5, 5.41) is 14.0. The van der Waals surface area contributed by atoms with Gasteiger partial charge in [0.15, 0.2) is 5.78 Å². The zero-order valence-corrected chi connectivity index (χ0v) is 11.8. The average Bonchev–Trinajstić information content (AvgIpc) is 2.47. The number of rotatable bonds is 4. The Labute approximate surface area is 126 Å². The van der Waals surface area contributed by atoms with Crippen LogP contribution in [-0.4, -0.2) is 22.9 Å². The van der Waals surface area contributed by atoms with Gasteiger partial charge in [-0.25, -0.2) is 9.59 Å². The van der Waals surface area contributed by atoms with Gasteiger partial charge >= 0.3 is 12.0 Å². The summed E-state index contributed by atoms with van der Waals surface area (Å²) in [6.07, 6.45) is 0. The molecule has 0 spiro atoms. The monoisotopic (exact) mass is 298 g/mol. The lowest BCUT2D eigenvalue weighted by Crippen LogP contribution is -2.19. The largest absolute Gasteiger partial charge is 0.478 e. The normalized spacial score (nSPS) is 9.86. The van der Waals surface area contributed by atoms with Gasteiger partial charge in [-0.1, -0.05) is 12.1 Å². The highest BCUT2D eigenvalue weighted by Crippen LogP contribution is 2.13. The second kappa shape index (κ2) is 6.53. The molecule has 0 heterocycles. The first-order valence-electron chi connectivity index (χ1n) is 6.48. The van der Waals surface area contributed by atoms with E-state index in [1.165, 1.54) is 31.2 Å². The van der Waals surface area contributed by atoms with Gasteiger partial charge in [0.05, 0.1) is 5.56 Å². The minimum atomic E-state index is -1.03. The summed E-state index contributed by atoms with van der Waals surface area (Å²) in [6.45, 7) is 1.45. The number of carboxylic acids is 1. The molecule has 6 heteroatoms. The smallest absolute Gasteiger partial charge is 0.335 e. The predicted octanol–water partition coefficient (Wildman–Crippen LogP) is 3.23. The average molecular weight is 298 g/mol. The number of nitrogens with one attached hydrogen (secondary N) is 2. The number of hydrogen-bond donors (Lipinski definition) is 3. The summed E-state index contributed by atoms with van der Waals surface area (Å²) in [4.78, 5) is 33.9. The second-order valence-corrected chi connectivity index (χ2v) is 4.60. The second-order valence-electron chi connectivity index (χ2n) is 4.60. The Kier molecular flexibility index (Phi) is 4.53. The summed E-state index contributed by atoms with van der Waals surface area (Å²) in [6, 6.07) is 11.9. The lowest BCUT2D eigenvalue weighted by atomic mass is 10.1. The van der Waals surface area contributed by atoms with E-state index in [1.54, 1.807) is 24.3 Å². The Bertz CT molecular complexity index is 723. The van der Waals surface area contributed by atoms with E-state index in [0.29, 0.717) is 16.9 Å². The molecule has 22 heavy (non-hydrogen) atoms. The Morgan fingerprint density at radius 1 is 0.864 bits per heavy atom. The number of carbonyl (C=O) groups is 3. The number of aromatic carboxylic acids is 1. The Hall–Kier alpha value is -3.15. The number of benzene rings is 2. The number of carboxylic acid groups (broad SMARTS) is 1. The zero-order valence-electron chi connectivity index (χ0n) is 11.8. The molecule has 6 nitrogen and oxygen atoms in total. The van der Waals surface area contributed by atoms with Crippen LogP contribution in [0, 0.1) is 0 Å². The quantitative estimate of drug-likeness (QED) is 0.755. The first-order valence-corrected chi connectivity index (χ1v) is 6.48. The van der Waals surface area contributed by atoms with Crippen LogP contribution in [0.3, 0.4) is 0 Å². The van der Waals surface area contributed by atoms with Crippen molar-refractivity contribution >= 4 is 29.2 Å². The summed E-state index contributed by atoms with van der Waals surface area (Å²) < 4.78 is 0. The third kappa shape index (κ3) is 3.92. The summed E-state index contributed by atoms with van der Waals surface area (Å²) in [7, 11) is 0. The fraction of sp³-hybridized carbons (Fsp3) is 0.0625. The van der Waals surface area contributed by atoms with E-state index < -0.39 is 12.0 Å². The van der Waals surface area contributed by atoms with Crippen molar-refractivity contribution in [2.45, 2.75) is 6.92 Å². The van der Waals surface area contributed by atoms with Gasteiger partial charge in [-0.05, 0) is 43.3 Å². The summed E-state index contributed by atoms with van der Waals surface area (Å²) in [5.41, 5.74) is 1.60. The molecule has 0 aliphatic rings. The molecule has 112 valence electrons. The van der Waals surface area contributed by atoms with Crippen LogP contribution >= 0.6 is 0 Å². The molecular formula is C16H14N2O4. The van der Waals surface area contributed by atoms with Crippen molar-refractivity contribution in [1.29, 1.82) is 0 Å². The molecule has 0 unspecified atom stereocenters. The molecule has 0 fully saturated rings. The van der Waals surface area contributed by atoms with E-state index in [9.17, 15) is 14.4 Å². The molecule has 0 saturated carbocycles. The van der Waals surface area contributed by atoms with Gasteiger partial charge in [0, 0.05) is 16.9 Å². The maximum atomic E-state index is 11.9. The molecule has 3 N–H and O–H groups in total. The summed E-state index contributed by atoms with van der Waals surface area (Å²) >= 11 is 0. The number of urea groups is 1. The minimum Gasteiger partial charge on any atom is -0.478 e. The maximum absolute atomic E-state index is 11.9. The van der Waals surface area contributed by atoms with Crippen LogP contribution in [-0.2, 0) is 0 Å². The lowest BCUT2D eigenvalue weighted by Gasteiger charge is -2.08. The van der Waals surface area contributed by atoms with Crippen molar-refractivity contribution in [2.24, 2.45) is 0 Å². The van der Waals surface area contributed by atoms with E-state index in [4.69, 9.17) is 5.11 Å². The first-order chi connectivity index (χ1) is 10.5. The Balaban J connectivity index is 2.02. The molecule has 0 atom stereocenters. The standard InChI is InChI=1S/C16H14N2O4/c1-10(19)12-3-2-4-14(9-12)18-16(22)17-13-7-5-11(6-8-13)15(20)21/h2-9H,1H3,(H,20,21)(H2,17,18,22). The van der Waals surface area contributed by atoms with Crippen LogP contribution in [0.2, 0.25) is 0 Å². The third-order valence-corrected chi connectivity index (χ3v) is 2.92. The van der Waals surface area contributed by atoms with Crippen LogP contribution in [0.4, 0.5) is 16.2 Å². The highest BCUT2D eigenvalue weighted by Gasteiger charge is 2.06. The predicted molar refractivity (Wildman–Crippen MR) is 82.5 cm³/mol. The fourth-order valence-corrected chi connectivity index (χ4v) is 1.81. The number of Topliss-reactive ketones (excluding diaryl/α,β-unsaturated/α-hetero) is 1. The summed E-state index contributed by atoms with van der Waals surface area (Å²) in [5.74, 6) is -1.12. The fourth-order valence-electron chi connectivity index (χ4n) is 1.81. The van der Waals surface area contributed by atoms with Crippen molar-refractivity contribution in [3.05, 3.63) is 59.7 Å². The van der Waals surface area contributed by atoms with Crippen LogP contribution in [0.5, 0.6) is 0 Å². The number of hydrogen-bond acceptors (Lipinski definition) is 3. The number of ketones is 1. The minimum absolute atomic E-state index is 0.0895. The zero-order chi connectivity index (χ0) is 16.1. The molecule has 2 amide bonds. The van der Waals surface area contributed by atoms with Gasteiger partial charge in [0.25, 0.3) is 0 Å². The lowest BCUT2D eigenvalue weighted by molar-refractivity contribution is 0.0696. The topological polar surface area (TPSA) is 95.5 Å². The SMILES string of the molecule is CC(=O)c1cccc(NC(=O)Nc2ccc(C(=O)O)cc2)c1. The van der Waals surface area contributed by atoms with Gasteiger partial charge in [-0.3, -0.25) is 4.79 Å².